The number of halogens is 1. The zero-order chi connectivity index (χ0) is 22.7. The molecule has 1 atom stereocenters. The van der Waals surface area contributed by atoms with Gasteiger partial charge in [-0.05, 0) is 36.2 Å². The van der Waals surface area contributed by atoms with Crippen molar-refractivity contribution in [2.24, 2.45) is 0 Å². The van der Waals surface area contributed by atoms with Gasteiger partial charge in [-0.1, -0.05) is 72.3 Å². The standard InChI is InChI=1S/C26H20ClN3O2/c1-17(19-7-3-2-4-8-19)29-25(31)22(15-28)24-21-9-5-6-10-23(21)30(26(24)32)16-18-11-13-20(27)14-12-18/h2-14,17H,16H2,1H3,(H,29,31)/b24-22+/t17-/m1/s1. The molecule has 1 heterocycles. The smallest absolute Gasteiger partial charge is 0.263 e. The second kappa shape index (κ2) is 9.09. The van der Waals surface area contributed by atoms with Gasteiger partial charge in [0.25, 0.3) is 11.8 Å². The van der Waals surface area contributed by atoms with Crippen LogP contribution in [0.15, 0.2) is 84.4 Å². The van der Waals surface area contributed by atoms with Gasteiger partial charge in [0, 0.05) is 10.6 Å². The number of anilines is 1. The van der Waals surface area contributed by atoms with Crippen molar-refractivity contribution in [2.75, 3.05) is 4.90 Å². The van der Waals surface area contributed by atoms with Gasteiger partial charge in [-0.2, -0.15) is 5.26 Å². The first kappa shape index (κ1) is 21.4. The van der Waals surface area contributed by atoms with Gasteiger partial charge in [0.2, 0.25) is 0 Å². The van der Waals surface area contributed by atoms with E-state index < -0.39 is 5.91 Å². The van der Waals surface area contributed by atoms with Crippen LogP contribution in [-0.2, 0) is 16.1 Å². The van der Waals surface area contributed by atoms with E-state index in [4.69, 9.17) is 11.6 Å². The fourth-order valence-electron chi connectivity index (χ4n) is 3.77. The highest BCUT2D eigenvalue weighted by atomic mass is 35.5. The molecule has 0 fully saturated rings. The molecule has 0 saturated heterocycles. The molecule has 0 unspecified atom stereocenters. The second-order valence-corrected chi connectivity index (χ2v) is 7.94. The number of amides is 2. The summed E-state index contributed by atoms with van der Waals surface area (Å²) >= 11 is 5.97. The van der Waals surface area contributed by atoms with E-state index in [1.54, 1.807) is 29.2 Å². The van der Waals surface area contributed by atoms with Crippen LogP contribution < -0.4 is 10.2 Å². The van der Waals surface area contributed by atoms with Crippen LogP contribution in [0.5, 0.6) is 0 Å². The summed E-state index contributed by atoms with van der Waals surface area (Å²) in [7, 11) is 0. The number of hydrogen-bond donors (Lipinski definition) is 1. The summed E-state index contributed by atoms with van der Waals surface area (Å²) in [5, 5.41) is 13.3. The number of nitrogens with zero attached hydrogens (tertiary/aromatic N) is 2. The Morgan fingerprint density at radius 3 is 2.38 bits per heavy atom. The summed E-state index contributed by atoms with van der Waals surface area (Å²) in [6, 6.07) is 25.5. The normalized spacial score (nSPS) is 15.0. The Hall–Kier alpha value is -3.88. The fraction of sp³-hybridized carbons (Fsp3) is 0.115. The molecule has 0 bridgehead atoms. The van der Waals surface area contributed by atoms with E-state index in [1.807, 2.05) is 67.6 Å². The monoisotopic (exact) mass is 441 g/mol. The highest BCUT2D eigenvalue weighted by Crippen LogP contribution is 2.39. The van der Waals surface area contributed by atoms with Gasteiger partial charge >= 0.3 is 0 Å². The van der Waals surface area contributed by atoms with Crippen LogP contribution in [0.2, 0.25) is 5.02 Å². The van der Waals surface area contributed by atoms with Crippen molar-refractivity contribution in [1.82, 2.24) is 5.32 Å². The zero-order valence-electron chi connectivity index (χ0n) is 17.4. The average molecular weight is 442 g/mol. The van der Waals surface area contributed by atoms with E-state index in [0.29, 0.717) is 22.8 Å². The first-order valence-electron chi connectivity index (χ1n) is 10.2. The van der Waals surface area contributed by atoms with Crippen LogP contribution in [0.4, 0.5) is 5.69 Å². The molecule has 1 aliphatic heterocycles. The van der Waals surface area contributed by atoms with Gasteiger partial charge in [-0.3, -0.25) is 9.59 Å². The Morgan fingerprint density at radius 1 is 1.03 bits per heavy atom. The lowest BCUT2D eigenvalue weighted by Gasteiger charge is -2.17. The van der Waals surface area contributed by atoms with E-state index in [2.05, 4.69) is 5.32 Å². The van der Waals surface area contributed by atoms with Crippen LogP contribution in [0.3, 0.4) is 0 Å². The number of nitrogens with one attached hydrogen (secondary N) is 1. The van der Waals surface area contributed by atoms with E-state index in [0.717, 1.165) is 11.1 Å². The third kappa shape index (κ3) is 4.14. The molecule has 0 aromatic heterocycles. The summed E-state index contributed by atoms with van der Waals surface area (Å²) in [5.74, 6) is -0.949. The highest BCUT2D eigenvalue weighted by Gasteiger charge is 2.36. The van der Waals surface area contributed by atoms with Gasteiger partial charge in [0.05, 0.1) is 23.8 Å². The maximum atomic E-state index is 13.4. The third-order valence-electron chi connectivity index (χ3n) is 5.41. The van der Waals surface area contributed by atoms with Crippen LogP contribution in [0.1, 0.15) is 29.7 Å². The molecule has 2 amide bonds. The molecule has 5 nitrogen and oxygen atoms in total. The average Bonchev–Trinajstić information content (AvgIpc) is 3.08. The molecule has 1 N–H and O–H groups in total. The Bertz CT molecular complexity index is 1240. The van der Waals surface area contributed by atoms with Crippen LogP contribution in [0.25, 0.3) is 5.57 Å². The van der Waals surface area contributed by atoms with Crippen LogP contribution in [0, 0.1) is 11.3 Å². The SMILES string of the molecule is C[C@@H](NC(=O)/C(C#N)=C1/C(=O)N(Cc2ccc(Cl)cc2)c2ccccc21)c1ccccc1. The van der Waals surface area contributed by atoms with Crippen molar-refractivity contribution in [2.45, 2.75) is 19.5 Å². The first-order valence-corrected chi connectivity index (χ1v) is 10.5. The van der Waals surface area contributed by atoms with Crippen molar-refractivity contribution in [3.05, 3.63) is 106 Å². The number of hydrogen-bond acceptors (Lipinski definition) is 3. The minimum absolute atomic E-state index is 0.120. The van der Waals surface area contributed by atoms with Crippen molar-refractivity contribution >= 4 is 34.7 Å². The molecule has 1 aliphatic rings. The third-order valence-corrected chi connectivity index (χ3v) is 5.67. The summed E-state index contributed by atoms with van der Waals surface area (Å²) < 4.78 is 0. The van der Waals surface area contributed by atoms with Crippen molar-refractivity contribution in [3.63, 3.8) is 0 Å². The fourth-order valence-corrected chi connectivity index (χ4v) is 3.89. The number of benzene rings is 3. The summed E-state index contributed by atoms with van der Waals surface area (Å²) in [6.07, 6.45) is 0. The lowest BCUT2D eigenvalue weighted by atomic mass is 10.0. The predicted molar refractivity (Wildman–Crippen MR) is 125 cm³/mol. The molecule has 0 saturated carbocycles. The summed E-state index contributed by atoms with van der Waals surface area (Å²) in [4.78, 5) is 28.0. The first-order chi connectivity index (χ1) is 15.5. The Morgan fingerprint density at radius 2 is 1.69 bits per heavy atom. The number of para-hydroxylation sites is 1. The molecule has 6 heteroatoms. The van der Waals surface area contributed by atoms with Crippen LogP contribution in [-0.4, -0.2) is 11.8 Å². The molecule has 3 aromatic carbocycles. The Labute approximate surface area is 191 Å². The van der Waals surface area contributed by atoms with Crippen molar-refractivity contribution in [1.29, 1.82) is 5.26 Å². The maximum Gasteiger partial charge on any atom is 0.263 e. The van der Waals surface area contributed by atoms with Gasteiger partial charge in [0.15, 0.2) is 0 Å². The van der Waals surface area contributed by atoms with Gasteiger partial charge in [-0.15, -0.1) is 0 Å². The molecular formula is C26H20ClN3O2. The van der Waals surface area contributed by atoms with E-state index in [9.17, 15) is 14.9 Å². The molecule has 0 radical (unpaired) electrons. The Kier molecular flexibility index (Phi) is 6.07. The number of nitriles is 1. The predicted octanol–water partition coefficient (Wildman–Crippen LogP) is 5.04. The van der Waals surface area contributed by atoms with Crippen molar-refractivity contribution in [3.8, 4) is 6.07 Å². The maximum absolute atomic E-state index is 13.4. The second-order valence-electron chi connectivity index (χ2n) is 7.50. The highest BCUT2D eigenvalue weighted by molar-refractivity contribution is 6.37. The quantitative estimate of drug-likeness (QED) is 0.445. The van der Waals surface area contributed by atoms with Crippen LogP contribution >= 0.6 is 11.6 Å². The summed E-state index contributed by atoms with van der Waals surface area (Å²) in [6.45, 7) is 2.14. The van der Waals surface area contributed by atoms with E-state index in [-0.39, 0.29) is 23.1 Å². The zero-order valence-corrected chi connectivity index (χ0v) is 18.1. The molecule has 3 aromatic rings. The largest absolute Gasteiger partial charge is 0.345 e. The number of fused-ring (bicyclic) bond motifs is 1. The molecule has 4 rings (SSSR count). The van der Waals surface area contributed by atoms with E-state index >= 15 is 0 Å². The van der Waals surface area contributed by atoms with Gasteiger partial charge in [0.1, 0.15) is 11.6 Å². The molecular weight excluding hydrogens is 422 g/mol. The minimum Gasteiger partial charge on any atom is -0.345 e. The number of carbonyl (C=O) groups is 2. The Balaban J connectivity index is 1.69. The molecule has 32 heavy (non-hydrogen) atoms. The van der Waals surface area contributed by atoms with Gasteiger partial charge < -0.3 is 10.2 Å². The lowest BCUT2D eigenvalue weighted by Crippen LogP contribution is -2.30. The lowest BCUT2D eigenvalue weighted by molar-refractivity contribution is -0.118. The van der Waals surface area contributed by atoms with Crippen molar-refractivity contribution < 1.29 is 9.59 Å². The summed E-state index contributed by atoms with van der Waals surface area (Å²) in [5.41, 5.74) is 2.97. The number of rotatable bonds is 5. The topological polar surface area (TPSA) is 73.2 Å². The number of carbonyl (C=O) groups excluding carboxylic acids is 2. The molecule has 158 valence electrons. The van der Waals surface area contributed by atoms with E-state index in [1.165, 1.54) is 0 Å². The minimum atomic E-state index is -0.574. The molecule has 0 aliphatic carbocycles. The molecule has 0 spiro atoms. The van der Waals surface area contributed by atoms with Gasteiger partial charge in [-0.25, -0.2) is 0 Å².